The number of nitrogens with zero attached hydrogens (tertiary/aromatic N) is 1. The second-order valence-corrected chi connectivity index (χ2v) is 9.96. The van der Waals surface area contributed by atoms with Crippen LogP contribution in [0.4, 0.5) is 10.1 Å². The van der Waals surface area contributed by atoms with Gasteiger partial charge in [0.15, 0.2) is 0 Å². The second kappa shape index (κ2) is 10.5. The summed E-state index contributed by atoms with van der Waals surface area (Å²) in [5, 5.41) is 3.01. The molecule has 0 spiro atoms. The smallest absolute Gasteiger partial charge is 0.243 e. The number of anilines is 1. The average molecular weight is 511 g/mol. The SMILES string of the molecule is COc1ccc(Cl)cc1NC(=O)CN(Cc1c(F)cccc1Cl)S(=O)(=O)c1ccc(C)cc1. The van der Waals surface area contributed by atoms with Crippen LogP contribution in [0.5, 0.6) is 5.75 Å². The molecule has 3 aromatic rings. The highest BCUT2D eigenvalue weighted by atomic mass is 35.5. The Hall–Kier alpha value is -2.65. The lowest BCUT2D eigenvalue weighted by atomic mass is 10.2. The van der Waals surface area contributed by atoms with Gasteiger partial charge in [-0.25, -0.2) is 12.8 Å². The Labute approximate surface area is 201 Å². The first-order valence-electron chi connectivity index (χ1n) is 9.75. The van der Waals surface area contributed by atoms with Crippen LogP contribution >= 0.6 is 23.2 Å². The zero-order valence-corrected chi connectivity index (χ0v) is 20.1. The van der Waals surface area contributed by atoms with E-state index in [0.717, 1.165) is 9.87 Å². The van der Waals surface area contributed by atoms with Crippen molar-refractivity contribution in [1.82, 2.24) is 4.31 Å². The quantitative estimate of drug-likeness (QED) is 0.447. The molecule has 0 aliphatic heterocycles. The lowest BCUT2D eigenvalue weighted by Gasteiger charge is -2.23. The molecule has 6 nitrogen and oxygen atoms in total. The van der Waals surface area contributed by atoms with Crippen LogP contribution in [0.3, 0.4) is 0 Å². The fourth-order valence-corrected chi connectivity index (χ4v) is 4.83. The molecule has 0 aromatic heterocycles. The molecule has 0 unspecified atom stereocenters. The minimum Gasteiger partial charge on any atom is -0.495 e. The highest BCUT2D eigenvalue weighted by Crippen LogP contribution is 2.28. The van der Waals surface area contributed by atoms with Crippen LogP contribution in [0.1, 0.15) is 11.1 Å². The Kier molecular flexibility index (Phi) is 7.97. The fraction of sp³-hybridized carbons (Fsp3) is 0.174. The molecule has 0 saturated heterocycles. The number of ether oxygens (including phenoxy) is 1. The molecule has 0 heterocycles. The molecule has 0 bridgehead atoms. The normalized spacial score (nSPS) is 11.5. The van der Waals surface area contributed by atoms with E-state index in [0.29, 0.717) is 10.8 Å². The standard InChI is InChI=1S/C23H21Cl2FN2O4S/c1-15-6-9-17(10-7-15)33(30,31)28(13-18-19(25)4-3-5-20(18)26)14-23(29)27-21-12-16(24)8-11-22(21)32-2/h3-12H,13-14H2,1-2H3,(H,27,29). The minimum atomic E-state index is -4.17. The van der Waals surface area contributed by atoms with E-state index in [9.17, 15) is 17.6 Å². The number of halogens is 3. The van der Waals surface area contributed by atoms with Gasteiger partial charge in [0.05, 0.1) is 24.2 Å². The Morgan fingerprint density at radius 3 is 2.42 bits per heavy atom. The van der Waals surface area contributed by atoms with Gasteiger partial charge < -0.3 is 10.1 Å². The third-order valence-electron chi connectivity index (χ3n) is 4.81. The summed E-state index contributed by atoms with van der Waals surface area (Å²) in [6.07, 6.45) is 0. The van der Waals surface area contributed by atoms with Crippen LogP contribution in [0.25, 0.3) is 0 Å². The number of carbonyl (C=O) groups is 1. The van der Waals surface area contributed by atoms with E-state index in [4.69, 9.17) is 27.9 Å². The summed E-state index contributed by atoms with van der Waals surface area (Å²) in [5.41, 5.74) is 1.10. The van der Waals surface area contributed by atoms with Gasteiger partial charge in [0.25, 0.3) is 0 Å². The van der Waals surface area contributed by atoms with Gasteiger partial charge >= 0.3 is 0 Å². The third-order valence-corrected chi connectivity index (χ3v) is 7.21. The van der Waals surface area contributed by atoms with E-state index < -0.39 is 34.8 Å². The number of hydrogen-bond donors (Lipinski definition) is 1. The monoisotopic (exact) mass is 510 g/mol. The Balaban J connectivity index is 1.95. The minimum absolute atomic E-state index is 0.0336. The molecule has 3 rings (SSSR count). The molecule has 0 saturated carbocycles. The molecule has 174 valence electrons. The summed E-state index contributed by atoms with van der Waals surface area (Å²) in [4.78, 5) is 12.8. The molecule has 0 aliphatic rings. The molecule has 10 heteroatoms. The van der Waals surface area contributed by atoms with E-state index in [1.54, 1.807) is 24.3 Å². The van der Waals surface area contributed by atoms with Gasteiger partial charge in [-0.1, -0.05) is 47.0 Å². The summed E-state index contributed by atoms with van der Waals surface area (Å²) in [6.45, 7) is 0.775. The van der Waals surface area contributed by atoms with Gasteiger partial charge in [-0.05, 0) is 49.4 Å². The molecule has 0 radical (unpaired) electrons. The van der Waals surface area contributed by atoms with Gasteiger partial charge in [0.2, 0.25) is 15.9 Å². The highest BCUT2D eigenvalue weighted by molar-refractivity contribution is 7.89. The van der Waals surface area contributed by atoms with E-state index in [2.05, 4.69) is 5.32 Å². The van der Waals surface area contributed by atoms with Crippen molar-refractivity contribution < 1.29 is 22.3 Å². The fourth-order valence-electron chi connectivity index (χ4n) is 3.07. The maximum Gasteiger partial charge on any atom is 0.243 e. The first kappa shape index (κ1) is 25.0. The third kappa shape index (κ3) is 6.03. The van der Waals surface area contributed by atoms with Crippen LogP contribution in [-0.4, -0.2) is 32.3 Å². The van der Waals surface area contributed by atoms with Crippen molar-refractivity contribution in [3.8, 4) is 5.75 Å². The van der Waals surface area contributed by atoms with E-state index in [1.807, 2.05) is 6.92 Å². The van der Waals surface area contributed by atoms with Crippen molar-refractivity contribution in [2.24, 2.45) is 0 Å². The number of sulfonamides is 1. The number of nitrogens with one attached hydrogen (secondary N) is 1. The maximum atomic E-state index is 14.4. The topological polar surface area (TPSA) is 75.7 Å². The van der Waals surface area contributed by atoms with Crippen LogP contribution in [0, 0.1) is 12.7 Å². The van der Waals surface area contributed by atoms with Crippen LogP contribution < -0.4 is 10.1 Å². The van der Waals surface area contributed by atoms with Gasteiger partial charge in [-0.2, -0.15) is 4.31 Å². The number of methoxy groups -OCH3 is 1. The predicted octanol–water partition coefficient (Wildman–Crippen LogP) is 5.28. The number of rotatable bonds is 8. The number of hydrogen-bond acceptors (Lipinski definition) is 4. The van der Waals surface area contributed by atoms with Crippen molar-refractivity contribution in [3.63, 3.8) is 0 Å². The van der Waals surface area contributed by atoms with Crippen molar-refractivity contribution in [2.45, 2.75) is 18.4 Å². The molecular formula is C23H21Cl2FN2O4S. The lowest BCUT2D eigenvalue weighted by molar-refractivity contribution is -0.116. The summed E-state index contributed by atoms with van der Waals surface area (Å²) in [7, 11) is -2.75. The van der Waals surface area contributed by atoms with E-state index >= 15 is 0 Å². The van der Waals surface area contributed by atoms with Crippen molar-refractivity contribution in [3.05, 3.63) is 87.7 Å². The second-order valence-electron chi connectivity index (χ2n) is 7.18. The largest absolute Gasteiger partial charge is 0.495 e. The molecule has 3 aromatic carbocycles. The summed E-state index contributed by atoms with van der Waals surface area (Å²) < 4.78 is 47.3. The molecule has 0 atom stereocenters. The first-order valence-corrected chi connectivity index (χ1v) is 11.9. The number of carbonyl (C=O) groups excluding carboxylic acids is 1. The van der Waals surface area contributed by atoms with Crippen molar-refractivity contribution in [2.75, 3.05) is 19.0 Å². The summed E-state index contributed by atoms with van der Waals surface area (Å²) in [5.74, 6) is -1.000. The van der Waals surface area contributed by atoms with Gasteiger partial charge in [-0.15, -0.1) is 0 Å². The van der Waals surface area contributed by atoms with E-state index in [1.165, 1.54) is 43.5 Å². The molecule has 1 N–H and O–H groups in total. The number of aryl methyl sites for hydroxylation is 1. The highest BCUT2D eigenvalue weighted by Gasteiger charge is 2.29. The predicted molar refractivity (Wildman–Crippen MR) is 127 cm³/mol. The summed E-state index contributed by atoms with van der Waals surface area (Å²) in [6, 6.07) is 14.8. The Morgan fingerprint density at radius 1 is 1.09 bits per heavy atom. The van der Waals surface area contributed by atoms with Crippen molar-refractivity contribution in [1.29, 1.82) is 0 Å². The average Bonchev–Trinajstić information content (AvgIpc) is 2.76. The van der Waals surface area contributed by atoms with Crippen molar-refractivity contribution >= 4 is 44.8 Å². The number of amides is 1. The van der Waals surface area contributed by atoms with Gasteiger partial charge in [-0.3, -0.25) is 4.79 Å². The van der Waals surface area contributed by atoms with Gasteiger partial charge in [0.1, 0.15) is 11.6 Å². The summed E-state index contributed by atoms with van der Waals surface area (Å²) >= 11 is 12.1. The van der Waals surface area contributed by atoms with Crippen LogP contribution in [0.15, 0.2) is 65.6 Å². The van der Waals surface area contributed by atoms with Crippen LogP contribution in [-0.2, 0) is 21.4 Å². The zero-order chi connectivity index (χ0) is 24.2. The van der Waals surface area contributed by atoms with E-state index in [-0.39, 0.29) is 21.2 Å². The Morgan fingerprint density at radius 2 is 1.79 bits per heavy atom. The molecule has 33 heavy (non-hydrogen) atoms. The number of benzene rings is 3. The zero-order valence-electron chi connectivity index (χ0n) is 17.8. The van der Waals surface area contributed by atoms with Crippen LogP contribution in [0.2, 0.25) is 10.0 Å². The molecular weight excluding hydrogens is 490 g/mol. The first-order chi connectivity index (χ1) is 15.6. The molecule has 0 fully saturated rings. The Bertz CT molecular complexity index is 1250. The molecule has 1 amide bonds. The lowest BCUT2D eigenvalue weighted by Crippen LogP contribution is -2.38. The van der Waals surface area contributed by atoms with Gasteiger partial charge in [0, 0.05) is 22.2 Å². The molecule has 0 aliphatic carbocycles. The maximum absolute atomic E-state index is 14.4.